The summed E-state index contributed by atoms with van der Waals surface area (Å²) in [6, 6.07) is 3.40. The molecule has 0 aliphatic carbocycles. The molecule has 1 amide bonds. The Kier molecular flexibility index (Phi) is 5.68. The molecule has 21 heavy (non-hydrogen) atoms. The molecule has 0 saturated heterocycles. The molecule has 0 heterocycles. The Morgan fingerprint density at radius 1 is 1.24 bits per heavy atom. The summed E-state index contributed by atoms with van der Waals surface area (Å²) in [4.78, 5) is 21.1. The lowest BCUT2D eigenvalue weighted by molar-refractivity contribution is -0.118. The molecule has 0 fully saturated rings. The predicted molar refractivity (Wildman–Crippen MR) is 76.0 cm³/mol. The Labute approximate surface area is 122 Å². The van der Waals surface area contributed by atoms with Gasteiger partial charge in [-0.15, -0.1) is 0 Å². The molecule has 0 aliphatic heterocycles. The summed E-state index contributed by atoms with van der Waals surface area (Å²) < 4.78 is 26.3. The molecule has 0 radical (unpaired) electrons. The number of carbonyl (C=O) groups is 2. The lowest BCUT2D eigenvalue weighted by Crippen LogP contribution is -2.26. The molecule has 0 unspecified atom stereocenters. The van der Waals surface area contributed by atoms with Gasteiger partial charge in [-0.25, -0.2) is 17.9 Å². The van der Waals surface area contributed by atoms with Crippen LogP contribution in [-0.4, -0.2) is 31.9 Å². The number of nitrogens with one attached hydrogen (secondary N) is 1. The Hall–Kier alpha value is -2.13. The van der Waals surface area contributed by atoms with Gasteiger partial charge in [-0.05, 0) is 31.0 Å². The first-order valence-electron chi connectivity index (χ1n) is 6.15. The smallest absolute Gasteiger partial charge is 0.335 e. The van der Waals surface area contributed by atoms with Crippen molar-refractivity contribution in [3.05, 3.63) is 23.8 Å². The molecular weight excluding hydrogens is 298 g/mol. The molecule has 0 bridgehead atoms. The maximum Gasteiger partial charge on any atom is 0.335 e. The number of rotatable bonds is 8. The number of sulfonamides is 1. The van der Waals surface area contributed by atoms with Crippen molar-refractivity contribution in [2.24, 2.45) is 5.73 Å². The van der Waals surface area contributed by atoms with E-state index in [1.807, 2.05) is 0 Å². The van der Waals surface area contributed by atoms with Crippen molar-refractivity contribution in [2.45, 2.75) is 24.2 Å². The minimum absolute atomic E-state index is 0.0899. The Balaban J connectivity index is 2.70. The number of nitrogens with two attached hydrogens (primary N) is 2. The van der Waals surface area contributed by atoms with E-state index in [0.717, 1.165) is 12.1 Å². The van der Waals surface area contributed by atoms with Gasteiger partial charge in [-0.2, -0.15) is 0 Å². The fraction of sp³-hybridized carbons (Fsp3) is 0.333. The average Bonchev–Trinajstić information content (AvgIpc) is 2.37. The van der Waals surface area contributed by atoms with Gasteiger partial charge in [0.2, 0.25) is 15.9 Å². The van der Waals surface area contributed by atoms with Crippen LogP contribution in [0, 0.1) is 0 Å². The van der Waals surface area contributed by atoms with E-state index in [9.17, 15) is 18.0 Å². The second kappa shape index (κ2) is 7.04. The van der Waals surface area contributed by atoms with Crippen LogP contribution >= 0.6 is 0 Å². The van der Waals surface area contributed by atoms with E-state index in [1.165, 1.54) is 6.07 Å². The van der Waals surface area contributed by atoms with Gasteiger partial charge in [-0.3, -0.25) is 4.79 Å². The fourth-order valence-electron chi connectivity index (χ4n) is 1.63. The lowest BCUT2D eigenvalue weighted by Gasteiger charge is -2.09. The van der Waals surface area contributed by atoms with Crippen LogP contribution in [0.2, 0.25) is 0 Å². The zero-order valence-corrected chi connectivity index (χ0v) is 12.0. The quantitative estimate of drug-likeness (QED) is 0.388. The molecule has 8 nitrogen and oxygen atoms in total. The summed E-state index contributed by atoms with van der Waals surface area (Å²) >= 11 is 0. The van der Waals surface area contributed by atoms with Crippen molar-refractivity contribution in [1.29, 1.82) is 0 Å². The number of unbranched alkanes of at least 4 members (excludes halogenated alkanes) is 1. The summed E-state index contributed by atoms with van der Waals surface area (Å²) in [5.41, 5.74) is 10.3. The molecule has 6 N–H and O–H groups in total. The van der Waals surface area contributed by atoms with E-state index < -0.39 is 21.9 Å². The van der Waals surface area contributed by atoms with Crippen LogP contribution in [0.25, 0.3) is 0 Å². The number of carboxylic acid groups (broad SMARTS) is 1. The first-order chi connectivity index (χ1) is 9.74. The van der Waals surface area contributed by atoms with Crippen LogP contribution in [0.4, 0.5) is 5.69 Å². The number of carbonyl (C=O) groups excluding carboxylic acids is 1. The minimum atomic E-state index is -3.82. The van der Waals surface area contributed by atoms with Gasteiger partial charge in [0.15, 0.2) is 0 Å². The van der Waals surface area contributed by atoms with Crippen molar-refractivity contribution >= 4 is 27.6 Å². The number of benzene rings is 1. The van der Waals surface area contributed by atoms with Crippen LogP contribution < -0.4 is 16.2 Å². The summed E-state index contributed by atoms with van der Waals surface area (Å²) in [5.74, 6) is -1.63. The maximum atomic E-state index is 12.0. The van der Waals surface area contributed by atoms with Crippen molar-refractivity contribution in [3.63, 3.8) is 0 Å². The Morgan fingerprint density at radius 2 is 1.90 bits per heavy atom. The number of nitrogen functional groups attached to an aromatic ring is 1. The van der Waals surface area contributed by atoms with Gasteiger partial charge < -0.3 is 16.6 Å². The number of hydrogen-bond donors (Lipinski definition) is 4. The zero-order chi connectivity index (χ0) is 16.0. The zero-order valence-electron chi connectivity index (χ0n) is 11.2. The molecule has 1 rings (SSSR count). The number of primary amides is 1. The average molecular weight is 315 g/mol. The lowest BCUT2D eigenvalue weighted by atomic mass is 10.2. The van der Waals surface area contributed by atoms with E-state index in [-0.39, 0.29) is 29.1 Å². The third-order valence-electron chi connectivity index (χ3n) is 2.69. The number of hydrogen-bond acceptors (Lipinski definition) is 5. The van der Waals surface area contributed by atoms with Crippen molar-refractivity contribution in [1.82, 2.24) is 4.72 Å². The number of aromatic carboxylic acids is 1. The topological polar surface area (TPSA) is 153 Å². The largest absolute Gasteiger partial charge is 0.478 e. The van der Waals surface area contributed by atoms with Crippen LogP contribution in [0.1, 0.15) is 29.6 Å². The molecule has 0 saturated carbocycles. The number of carboxylic acids is 1. The molecule has 0 aromatic heterocycles. The molecule has 9 heteroatoms. The van der Waals surface area contributed by atoms with Crippen LogP contribution in [0.3, 0.4) is 0 Å². The van der Waals surface area contributed by atoms with Crippen LogP contribution in [0.5, 0.6) is 0 Å². The Bertz CT molecular complexity index is 642. The van der Waals surface area contributed by atoms with Crippen molar-refractivity contribution in [3.8, 4) is 0 Å². The molecule has 1 aromatic rings. The first kappa shape index (κ1) is 16.9. The highest BCUT2D eigenvalue weighted by Gasteiger charge is 2.18. The van der Waals surface area contributed by atoms with E-state index in [0.29, 0.717) is 12.8 Å². The second-order valence-corrected chi connectivity index (χ2v) is 6.11. The third-order valence-corrected chi connectivity index (χ3v) is 4.22. The van der Waals surface area contributed by atoms with Crippen molar-refractivity contribution in [2.75, 3.05) is 12.3 Å². The van der Waals surface area contributed by atoms with Crippen LogP contribution in [-0.2, 0) is 14.8 Å². The second-order valence-electron chi connectivity index (χ2n) is 4.38. The normalized spacial score (nSPS) is 11.2. The van der Waals surface area contributed by atoms with E-state index >= 15 is 0 Å². The summed E-state index contributed by atoms with van der Waals surface area (Å²) in [5, 5.41) is 8.79. The number of anilines is 1. The molecule has 0 spiro atoms. The number of amides is 1. The summed E-state index contributed by atoms with van der Waals surface area (Å²) in [7, 11) is -3.82. The van der Waals surface area contributed by atoms with Gasteiger partial charge in [0, 0.05) is 13.0 Å². The van der Waals surface area contributed by atoms with Gasteiger partial charge in [-0.1, -0.05) is 0 Å². The van der Waals surface area contributed by atoms with Crippen LogP contribution in [0.15, 0.2) is 23.1 Å². The highest BCUT2D eigenvalue weighted by Crippen LogP contribution is 2.19. The fourth-order valence-corrected chi connectivity index (χ4v) is 2.82. The molecular formula is C12H17N3O5S. The summed E-state index contributed by atoms with van der Waals surface area (Å²) in [6.07, 6.45) is 1.12. The minimum Gasteiger partial charge on any atom is -0.478 e. The van der Waals surface area contributed by atoms with E-state index in [2.05, 4.69) is 4.72 Å². The maximum absolute atomic E-state index is 12.0. The van der Waals surface area contributed by atoms with E-state index in [1.54, 1.807) is 0 Å². The standard InChI is InChI=1S/C12H17N3O5S/c13-9-7-8(12(17)18)4-5-10(9)21(19,20)15-6-2-1-3-11(14)16/h4-5,7,15H,1-3,6,13H2,(H2,14,16)(H,17,18). The SMILES string of the molecule is NC(=O)CCCCNS(=O)(=O)c1ccc(C(=O)O)cc1N. The Morgan fingerprint density at radius 3 is 2.43 bits per heavy atom. The highest BCUT2D eigenvalue weighted by molar-refractivity contribution is 7.89. The van der Waals surface area contributed by atoms with Gasteiger partial charge in [0.1, 0.15) is 4.90 Å². The first-order valence-corrected chi connectivity index (χ1v) is 7.63. The highest BCUT2D eigenvalue weighted by atomic mass is 32.2. The predicted octanol–water partition coefficient (Wildman–Crippen LogP) is -0.0991. The van der Waals surface area contributed by atoms with Gasteiger partial charge in [0.05, 0.1) is 11.3 Å². The monoisotopic (exact) mass is 315 g/mol. The molecule has 1 aromatic carbocycles. The van der Waals surface area contributed by atoms with E-state index in [4.69, 9.17) is 16.6 Å². The molecule has 116 valence electrons. The van der Waals surface area contributed by atoms with Crippen molar-refractivity contribution < 1.29 is 23.1 Å². The summed E-state index contributed by atoms with van der Waals surface area (Å²) in [6.45, 7) is 0.135. The van der Waals surface area contributed by atoms with Gasteiger partial charge >= 0.3 is 5.97 Å². The molecule has 0 aliphatic rings. The molecule has 0 atom stereocenters. The van der Waals surface area contributed by atoms with Gasteiger partial charge in [0.25, 0.3) is 0 Å². The third kappa shape index (κ3) is 5.04.